The van der Waals surface area contributed by atoms with E-state index < -0.39 is 26.5 Å². The minimum Gasteiger partial charge on any atom is -0.756 e. The Morgan fingerprint density at radius 2 is 0.983 bits per heavy atom. The molecule has 0 N–H and O–H groups in total. The zero-order valence-corrected chi connectivity index (χ0v) is 38.9. The molecule has 0 heterocycles. The predicted molar refractivity (Wildman–Crippen MR) is 240 cm³/mol. The van der Waals surface area contributed by atoms with E-state index in [1.807, 2.05) is 51.5 Å². The second kappa shape index (κ2) is 40.4. The number of hydrogen-bond acceptors (Lipinski definition) is 8. The number of hydrogen-bond donors (Lipinski definition) is 0. The van der Waals surface area contributed by atoms with E-state index in [1.165, 1.54) is 103 Å². The number of nitrogens with zero attached hydrogens (tertiary/aromatic N) is 1. The molecule has 0 aromatic carbocycles. The maximum absolute atomic E-state index is 12.7. The summed E-state index contributed by atoms with van der Waals surface area (Å²) in [6.07, 6.45) is 47.1. The normalized spacial score (nSPS) is 14.0. The number of carbonyl (C=O) groups is 2. The van der Waals surface area contributed by atoms with Crippen molar-refractivity contribution in [1.82, 2.24) is 0 Å². The van der Waals surface area contributed by atoms with Crippen molar-refractivity contribution in [3.05, 3.63) is 48.6 Å². The highest BCUT2D eigenvalue weighted by atomic mass is 31.2. The summed E-state index contributed by atoms with van der Waals surface area (Å²) < 4.78 is 33.9. The fourth-order valence-corrected chi connectivity index (χ4v) is 7.04. The number of quaternary nitrogens is 1. The third-order valence-electron chi connectivity index (χ3n) is 9.96. The van der Waals surface area contributed by atoms with Crippen LogP contribution in [0.5, 0.6) is 0 Å². The van der Waals surface area contributed by atoms with Crippen LogP contribution in [0.25, 0.3) is 0 Å². The highest BCUT2D eigenvalue weighted by Gasteiger charge is 2.21. The van der Waals surface area contributed by atoms with Crippen LogP contribution in [-0.2, 0) is 32.7 Å². The van der Waals surface area contributed by atoms with Gasteiger partial charge >= 0.3 is 11.9 Å². The maximum Gasteiger partial charge on any atom is 0.306 e. The minimum atomic E-state index is -4.63. The van der Waals surface area contributed by atoms with Crippen molar-refractivity contribution in [1.29, 1.82) is 0 Å². The lowest BCUT2D eigenvalue weighted by Crippen LogP contribution is -2.37. The number of likely N-dealkylation sites (N-methyl/N-ethyl adjacent to an activating group) is 1. The minimum absolute atomic E-state index is 0.0364. The highest BCUT2D eigenvalue weighted by Crippen LogP contribution is 2.38. The third-order valence-corrected chi connectivity index (χ3v) is 10.9. The Morgan fingerprint density at radius 1 is 0.552 bits per heavy atom. The van der Waals surface area contributed by atoms with Crippen LogP contribution in [0.15, 0.2) is 48.6 Å². The Hall–Kier alpha value is -2.03. The average molecular weight is 838 g/mol. The van der Waals surface area contributed by atoms with Crippen LogP contribution in [0.2, 0.25) is 0 Å². The SMILES string of the molecule is CC/C=C/C=C/C=C/C=C/CCCCCCCC(=O)O[C@H](COC(=O)CCCCCCCCCCCCCCCCCCCCC)COP(=O)([O-])OCC[N+](C)(C)C. The lowest BCUT2D eigenvalue weighted by Gasteiger charge is -2.28. The number of unbranched alkanes of at least 4 members (excludes halogenated alkanes) is 23. The van der Waals surface area contributed by atoms with Gasteiger partial charge in [0.25, 0.3) is 7.82 Å². The number of allylic oxidation sites excluding steroid dienone is 8. The van der Waals surface area contributed by atoms with Gasteiger partial charge in [0.2, 0.25) is 0 Å². The van der Waals surface area contributed by atoms with Crippen molar-refractivity contribution < 1.29 is 42.1 Å². The van der Waals surface area contributed by atoms with Gasteiger partial charge < -0.3 is 27.9 Å². The molecule has 0 saturated heterocycles. The molecule has 58 heavy (non-hydrogen) atoms. The third kappa shape index (κ3) is 43.5. The molecule has 0 aromatic heterocycles. The first-order valence-electron chi connectivity index (χ1n) is 23.4. The number of phosphoric ester groups is 1. The van der Waals surface area contributed by atoms with Crippen molar-refractivity contribution in [2.75, 3.05) is 47.5 Å². The lowest BCUT2D eigenvalue weighted by molar-refractivity contribution is -0.870. The van der Waals surface area contributed by atoms with E-state index in [1.54, 1.807) is 0 Å². The van der Waals surface area contributed by atoms with Gasteiger partial charge in [0.1, 0.15) is 19.8 Å². The van der Waals surface area contributed by atoms with Crippen LogP contribution in [0, 0.1) is 0 Å². The smallest absolute Gasteiger partial charge is 0.306 e. The molecule has 0 aliphatic heterocycles. The van der Waals surface area contributed by atoms with E-state index in [0.29, 0.717) is 17.4 Å². The summed E-state index contributed by atoms with van der Waals surface area (Å²) in [6.45, 7) is 4.07. The van der Waals surface area contributed by atoms with Crippen molar-refractivity contribution in [2.24, 2.45) is 0 Å². The van der Waals surface area contributed by atoms with Crippen LogP contribution in [0.1, 0.15) is 194 Å². The molecule has 0 amide bonds. The van der Waals surface area contributed by atoms with E-state index in [0.717, 1.165) is 57.8 Å². The molecule has 0 fully saturated rings. The summed E-state index contributed by atoms with van der Waals surface area (Å²) in [5.74, 6) is -0.857. The van der Waals surface area contributed by atoms with Gasteiger partial charge in [-0.15, -0.1) is 0 Å². The van der Waals surface area contributed by atoms with Gasteiger partial charge in [0.05, 0.1) is 27.7 Å². The maximum atomic E-state index is 12.7. The molecule has 1 unspecified atom stereocenters. The predicted octanol–water partition coefficient (Wildman–Crippen LogP) is 12.8. The van der Waals surface area contributed by atoms with Crippen LogP contribution >= 0.6 is 7.82 Å². The molecule has 0 rings (SSSR count). The van der Waals surface area contributed by atoms with Crippen molar-refractivity contribution in [3.8, 4) is 0 Å². The van der Waals surface area contributed by atoms with E-state index in [2.05, 4.69) is 32.1 Å². The first-order chi connectivity index (χ1) is 28.0. The van der Waals surface area contributed by atoms with Gasteiger partial charge in [-0.1, -0.05) is 197 Å². The van der Waals surface area contributed by atoms with Gasteiger partial charge in [-0.05, 0) is 32.1 Å². The molecule has 0 radical (unpaired) electrons. The number of rotatable bonds is 42. The lowest BCUT2D eigenvalue weighted by atomic mass is 10.0. The van der Waals surface area contributed by atoms with Gasteiger partial charge in [0.15, 0.2) is 6.10 Å². The van der Waals surface area contributed by atoms with Gasteiger partial charge in [-0.25, -0.2) is 0 Å². The van der Waals surface area contributed by atoms with E-state index in [4.69, 9.17) is 18.5 Å². The van der Waals surface area contributed by atoms with Crippen molar-refractivity contribution in [2.45, 2.75) is 200 Å². The summed E-state index contributed by atoms with van der Waals surface area (Å²) in [5, 5.41) is 0. The second-order valence-electron chi connectivity index (χ2n) is 16.8. The molecular formula is C48H88NO8P. The average Bonchev–Trinajstić information content (AvgIpc) is 3.17. The standard InChI is InChI=1S/C48H88NO8P/c1-6-8-10-12-14-16-18-20-22-23-24-25-27-28-30-32-34-36-38-40-47(50)54-44-46(45-56-58(52,53)55-43-42-49(3,4)5)57-48(51)41-39-37-35-33-31-29-26-21-19-17-15-13-11-9-7-2/h9,11,13,15,17,19,21,26,46H,6-8,10,12,14,16,18,20,22-25,27-45H2,1-5H3/b11-9+,15-13+,19-17+,26-21+/t46-/m1/s1. The molecule has 0 spiro atoms. The molecule has 0 saturated carbocycles. The van der Waals surface area contributed by atoms with Gasteiger partial charge in [-0.3, -0.25) is 14.2 Å². The van der Waals surface area contributed by atoms with E-state index in [9.17, 15) is 19.0 Å². The molecule has 0 aromatic rings. The van der Waals surface area contributed by atoms with Gasteiger partial charge in [0, 0.05) is 12.8 Å². The van der Waals surface area contributed by atoms with Gasteiger partial charge in [-0.2, -0.15) is 0 Å². The summed E-state index contributed by atoms with van der Waals surface area (Å²) >= 11 is 0. The fourth-order valence-electron chi connectivity index (χ4n) is 6.31. The Labute approximate surface area is 356 Å². The summed E-state index contributed by atoms with van der Waals surface area (Å²) in [6, 6.07) is 0. The number of phosphoric acid groups is 1. The number of esters is 2. The first-order valence-corrected chi connectivity index (χ1v) is 24.9. The molecule has 9 nitrogen and oxygen atoms in total. The van der Waals surface area contributed by atoms with Crippen LogP contribution < -0.4 is 4.89 Å². The molecule has 0 aliphatic carbocycles. The monoisotopic (exact) mass is 838 g/mol. The second-order valence-corrected chi connectivity index (χ2v) is 18.3. The van der Waals surface area contributed by atoms with Crippen LogP contribution in [-0.4, -0.2) is 70.0 Å². The molecule has 0 aliphatic rings. The Morgan fingerprint density at radius 3 is 1.47 bits per heavy atom. The largest absolute Gasteiger partial charge is 0.756 e. The molecule has 2 atom stereocenters. The summed E-state index contributed by atoms with van der Waals surface area (Å²) in [5.41, 5.74) is 0. The quantitative estimate of drug-likeness (QED) is 0.0196. The summed E-state index contributed by atoms with van der Waals surface area (Å²) in [4.78, 5) is 37.6. The van der Waals surface area contributed by atoms with Crippen molar-refractivity contribution >= 4 is 19.8 Å². The molecule has 10 heteroatoms. The topological polar surface area (TPSA) is 111 Å². The Bertz CT molecular complexity index is 1130. The van der Waals surface area contributed by atoms with Crippen molar-refractivity contribution in [3.63, 3.8) is 0 Å². The molecule has 0 bridgehead atoms. The van der Waals surface area contributed by atoms with Crippen LogP contribution in [0.4, 0.5) is 0 Å². The zero-order valence-electron chi connectivity index (χ0n) is 38.0. The Balaban J connectivity index is 4.31. The van der Waals surface area contributed by atoms with E-state index in [-0.39, 0.29) is 32.0 Å². The zero-order chi connectivity index (χ0) is 42.8. The molecular weight excluding hydrogens is 750 g/mol. The summed E-state index contributed by atoms with van der Waals surface area (Å²) in [7, 11) is 1.15. The number of ether oxygens (including phenoxy) is 2. The van der Waals surface area contributed by atoms with E-state index >= 15 is 0 Å². The highest BCUT2D eigenvalue weighted by molar-refractivity contribution is 7.45. The fraction of sp³-hybridized carbons (Fsp3) is 0.792. The van der Waals surface area contributed by atoms with Crippen LogP contribution in [0.3, 0.4) is 0 Å². The first kappa shape index (κ1) is 56.0. The number of carbonyl (C=O) groups excluding carboxylic acids is 2. The Kier molecular flexibility index (Phi) is 39.0. The molecule has 338 valence electrons.